The molecule has 0 N–H and O–H groups in total. The molecule has 7 heteroatoms. The average molecular weight is 391 g/mol. The fourth-order valence-corrected chi connectivity index (χ4v) is 3.52. The van der Waals surface area contributed by atoms with Crippen LogP contribution < -0.4 is 4.90 Å². The number of nitrogens with zero attached hydrogens (tertiary/aromatic N) is 2. The van der Waals surface area contributed by atoms with Crippen LogP contribution in [-0.2, 0) is 19.3 Å². The maximum absolute atomic E-state index is 13.5. The Balaban J connectivity index is 1.85. The zero-order valence-corrected chi connectivity index (χ0v) is 14.8. The Morgan fingerprint density at radius 3 is 2.56 bits per heavy atom. The van der Waals surface area contributed by atoms with Crippen LogP contribution in [0.3, 0.4) is 0 Å². The molecule has 0 saturated heterocycles. The zero-order chi connectivity index (χ0) is 19.2. The van der Waals surface area contributed by atoms with E-state index in [2.05, 4.69) is 0 Å². The molecule has 0 aliphatic carbocycles. The number of benzene rings is 2. The van der Waals surface area contributed by atoms with Gasteiger partial charge in [-0.1, -0.05) is 29.8 Å². The van der Waals surface area contributed by atoms with Gasteiger partial charge in [-0.15, -0.1) is 0 Å². The minimum atomic E-state index is -4.68. The van der Waals surface area contributed by atoms with Crippen molar-refractivity contribution in [2.75, 3.05) is 4.90 Å². The second kappa shape index (κ2) is 6.46. The van der Waals surface area contributed by atoms with E-state index in [1.54, 1.807) is 12.1 Å². The highest BCUT2D eigenvalue weighted by Gasteiger charge is 2.37. The summed E-state index contributed by atoms with van der Waals surface area (Å²) in [6.45, 7) is 0.734. The number of amides is 1. The standard InChI is InChI=1S/C20H14ClF3N2O/c21-14-7-8-16(17(10-14)20(22,23)24)19(27)26-12-15-5-3-9-25(15)11-13-4-1-2-6-18(13)26/h1-10H,11-12H2. The number of alkyl halides is 3. The van der Waals surface area contributed by atoms with Crippen LogP contribution in [0.2, 0.25) is 5.02 Å². The van der Waals surface area contributed by atoms with E-state index in [1.165, 1.54) is 11.0 Å². The summed E-state index contributed by atoms with van der Waals surface area (Å²) in [5, 5.41) is -0.0657. The fourth-order valence-electron chi connectivity index (χ4n) is 3.35. The lowest BCUT2D eigenvalue weighted by Gasteiger charge is -2.24. The zero-order valence-electron chi connectivity index (χ0n) is 14.0. The van der Waals surface area contributed by atoms with E-state index >= 15 is 0 Å². The van der Waals surface area contributed by atoms with E-state index in [-0.39, 0.29) is 11.6 Å². The molecule has 0 atom stereocenters. The number of halogens is 4. The number of aromatic nitrogens is 1. The van der Waals surface area contributed by atoms with Crippen LogP contribution >= 0.6 is 11.6 Å². The Kier molecular flexibility index (Phi) is 4.23. The summed E-state index contributed by atoms with van der Waals surface area (Å²) in [5.74, 6) is -0.707. The van der Waals surface area contributed by atoms with Gasteiger partial charge in [-0.05, 0) is 42.0 Å². The molecule has 0 radical (unpaired) electrons. The molecular formula is C20H14ClF3N2O. The van der Waals surface area contributed by atoms with Crippen molar-refractivity contribution in [3.05, 3.63) is 88.2 Å². The number of hydrogen-bond donors (Lipinski definition) is 0. The van der Waals surface area contributed by atoms with Gasteiger partial charge in [0.15, 0.2) is 0 Å². The van der Waals surface area contributed by atoms with Crippen molar-refractivity contribution in [2.24, 2.45) is 0 Å². The summed E-state index contributed by atoms with van der Waals surface area (Å²) in [4.78, 5) is 14.6. The lowest BCUT2D eigenvalue weighted by molar-refractivity contribution is -0.137. The lowest BCUT2D eigenvalue weighted by atomic mass is 10.0. The molecule has 1 aliphatic heterocycles. The summed E-state index contributed by atoms with van der Waals surface area (Å²) >= 11 is 5.74. The normalized spacial score (nSPS) is 13.7. The highest BCUT2D eigenvalue weighted by atomic mass is 35.5. The molecule has 1 amide bonds. The average Bonchev–Trinajstić information content (AvgIpc) is 2.99. The summed E-state index contributed by atoms with van der Waals surface area (Å²) in [6, 6.07) is 14.2. The van der Waals surface area contributed by atoms with Crippen molar-refractivity contribution in [1.82, 2.24) is 4.57 Å². The van der Waals surface area contributed by atoms with E-state index in [0.717, 1.165) is 23.4 Å². The molecule has 2 aromatic carbocycles. The first kappa shape index (κ1) is 17.7. The van der Waals surface area contributed by atoms with Crippen LogP contribution in [0.1, 0.15) is 27.2 Å². The van der Waals surface area contributed by atoms with E-state index < -0.39 is 23.2 Å². The van der Waals surface area contributed by atoms with Gasteiger partial charge < -0.3 is 9.47 Å². The van der Waals surface area contributed by atoms with Gasteiger partial charge in [0.25, 0.3) is 5.91 Å². The second-order valence-corrected chi connectivity index (χ2v) is 6.77. The monoisotopic (exact) mass is 390 g/mol. The van der Waals surface area contributed by atoms with Crippen molar-refractivity contribution in [1.29, 1.82) is 0 Å². The number of carbonyl (C=O) groups excluding carboxylic acids is 1. The smallest absolute Gasteiger partial charge is 0.345 e. The second-order valence-electron chi connectivity index (χ2n) is 6.34. The quantitative estimate of drug-likeness (QED) is 0.548. The Morgan fingerprint density at radius 2 is 1.78 bits per heavy atom. The van der Waals surface area contributed by atoms with Gasteiger partial charge in [-0.3, -0.25) is 4.79 Å². The molecule has 0 saturated carbocycles. The number of anilines is 1. The van der Waals surface area contributed by atoms with E-state index in [1.807, 2.05) is 35.0 Å². The van der Waals surface area contributed by atoms with Crippen LogP contribution in [0.5, 0.6) is 0 Å². The highest BCUT2D eigenvalue weighted by Crippen LogP contribution is 2.36. The van der Waals surface area contributed by atoms with Crippen LogP contribution in [0.15, 0.2) is 60.8 Å². The first-order valence-corrected chi connectivity index (χ1v) is 8.63. The third-order valence-corrected chi connectivity index (χ3v) is 4.86. The summed E-state index contributed by atoms with van der Waals surface area (Å²) in [5.41, 5.74) is 0.874. The molecule has 0 unspecified atom stereocenters. The van der Waals surface area contributed by atoms with Crippen LogP contribution in [0.25, 0.3) is 0 Å². The Hall–Kier alpha value is -2.73. The summed E-state index contributed by atoms with van der Waals surface area (Å²) in [6.07, 6.45) is -2.79. The maximum atomic E-state index is 13.5. The minimum absolute atomic E-state index is 0.0657. The predicted molar refractivity (Wildman–Crippen MR) is 96.9 cm³/mol. The van der Waals surface area contributed by atoms with Gasteiger partial charge in [-0.25, -0.2) is 0 Å². The SMILES string of the molecule is O=C(c1ccc(Cl)cc1C(F)(F)F)N1Cc2cccn2Cc2ccccc21. The molecule has 138 valence electrons. The van der Waals surface area contributed by atoms with Gasteiger partial charge in [0.2, 0.25) is 0 Å². The first-order chi connectivity index (χ1) is 12.8. The number of para-hydroxylation sites is 1. The molecule has 0 fully saturated rings. The molecule has 3 aromatic rings. The van der Waals surface area contributed by atoms with E-state index in [4.69, 9.17) is 11.6 Å². The molecule has 1 aliphatic rings. The molecule has 1 aromatic heterocycles. The molecular weight excluding hydrogens is 377 g/mol. The van der Waals surface area contributed by atoms with Gasteiger partial charge in [0.1, 0.15) is 0 Å². The molecule has 0 spiro atoms. The predicted octanol–water partition coefficient (Wildman–Crippen LogP) is 5.37. The van der Waals surface area contributed by atoms with E-state index in [0.29, 0.717) is 12.2 Å². The molecule has 0 bridgehead atoms. The summed E-state index contributed by atoms with van der Waals surface area (Å²) < 4.78 is 42.4. The van der Waals surface area contributed by atoms with Crippen molar-refractivity contribution in [3.8, 4) is 0 Å². The van der Waals surface area contributed by atoms with Gasteiger partial charge >= 0.3 is 6.18 Å². The molecule has 27 heavy (non-hydrogen) atoms. The first-order valence-electron chi connectivity index (χ1n) is 8.25. The van der Waals surface area contributed by atoms with Crippen molar-refractivity contribution < 1.29 is 18.0 Å². The fraction of sp³-hybridized carbons (Fsp3) is 0.150. The lowest BCUT2D eigenvalue weighted by Crippen LogP contribution is -2.32. The van der Waals surface area contributed by atoms with Gasteiger partial charge in [-0.2, -0.15) is 13.2 Å². The summed E-state index contributed by atoms with van der Waals surface area (Å²) in [7, 11) is 0. The van der Waals surface area contributed by atoms with Crippen molar-refractivity contribution in [3.63, 3.8) is 0 Å². The van der Waals surface area contributed by atoms with E-state index in [9.17, 15) is 18.0 Å². The third kappa shape index (κ3) is 3.21. The molecule has 4 rings (SSSR count). The molecule has 2 heterocycles. The van der Waals surface area contributed by atoms with Crippen LogP contribution in [0, 0.1) is 0 Å². The Labute approximate surface area is 158 Å². The Morgan fingerprint density at radius 1 is 1.00 bits per heavy atom. The number of carbonyl (C=O) groups is 1. The minimum Gasteiger partial charge on any atom is -0.345 e. The van der Waals surface area contributed by atoms with Crippen molar-refractivity contribution in [2.45, 2.75) is 19.3 Å². The molecule has 3 nitrogen and oxygen atoms in total. The van der Waals surface area contributed by atoms with Crippen LogP contribution in [-0.4, -0.2) is 10.5 Å². The number of rotatable bonds is 1. The third-order valence-electron chi connectivity index (χ3n) is 4.63. The van der Waals surface area contributed by atoms with Crippen molar-refractivity contribution >= 4 is 23.2 Å². The van der Waals surface area contributed by atoms with Crippen LogP contribution in [0.4, 0.5) is 18.9 Å². The number of hydrogen-bond acceptors (Lipinski definition) is 1. The largest absolute Gasteiger partial charge is 0.417 e. The topological polar surface area (TPSA) is 25.2 Å². The Bertz CT molecular complexity index is 1030. The number of fused-ring (bicyclic) bond motifs is 2. The van der Waals surface area contributed by atoms with Gasteiger partial charge in [0, 0.05) is 29.1 Å². The van der Waals surface area contributed by atoms with Gasteiger partial charge in [0.05, 0.1) is 17.7 Å². The highest BCUT2D eigenvalue weighted by molar-refractivity contribution is 6.30. The maximum Gasteiger partial charge on any atom is 0.417 e.